The normalized spacial score (nSPS) is 20.7. The average molecular weight is 335 g/mol. The van der Waals surface area contributed by atoms with E-state index in [0.717, 1.165) is 10.6 Å². The van der Waals surface area contributed by atoms with Gasteiger partial charge in [-0.1, -0.05) is 18.2 Å². The molecule has 3 rings (SSSR count). The van der Waals surface area contributed by atoms with Crippen LogP contribution in [0.1, 0.15) is 22.6 Å². The number of hydrogen-bond acceptors (Lipinski definition) is 5. The standard InChI is InChI=1S/C16H18FN3O2S/c1-9-14(6-10-4-2-3-5-12(10)17)23-16(19-9)20-15(22)13-7-11(21)8-18-13/h2-5,11,13,18,21H,6-8H2,1H3,(H,19,20,22)/t11-,13+/m0/s1. The predicted octanol–water partition coefficient (Wildman–Crippen LogP) is 1.84. The summed E-state index contributed by atoms with van der Waals surface area (Å²) < 4.78 is 13.7. The van der Waals surface area contributed by atoms with Gasteiger partial charge in [0.2, 0.25) is 5.91 Å². The van der Waals surface area contributed by atoms with E-state index in [1.54, 1.807) is 18.2 Å². The third-order valence-electron chi connectivity index (χ3n) is 3.86. The van der Waals surface area contributed by atoms with Gasteiger partial charge in [-0.05, 0) is 25.0 Å². The number of amides is 1. The number of aliphatic hydroxyl groups is 1. The minimum absolute atomic E-state index is 0.201. The van der Waals surface area contributed by atoms with Gasteiger partial charge in [0, 0.05) is 17.8 Å². The van der Waals surface area contributed by atoms with E-state index in [1.807, 2.05) is 6.92 Å². The van der Waals surface area contributed by atoms with Crippen LogP contribution in [0.15, 0.2) is 24.3 Å². The zero-order valence-corrected chi connectivity index (χ0v) is 13.5. The van der Waals surface area contributed by atoms with Crippen LogP contribution in [0.4, 0.5) is 9.52 Å². The Hall–Kier alpha value is -1.83. The number of thiazole rings is 1. The molecule has 0 bridgehead atoms. The number of aromatic nitrogens is 1. The molecule has 0 saturated carbocycles. The summed E-state index contributed by atoms with van der Waals surface area (Å²) in [7, 11) is 0. The van der Waals surface area contributed by atoms with Gasteiger partial charge in [-0.15, -0.1) is 11.3 Å². The number of nitrogens with one attached hydrogen (secondary N) is 2. The van der Waals surface area contributed by atoms with E-state index in [0.29, 0.717) is 30.1 Å². The Labute approximate surface area is 137 Å². The van der Waals surface area contributed by atoms with Crippen LogP contribution >= 0.6 is 11.3 Å². The van der Waals surface area contributed by atoms with Gasteiger partial charge in [-0.3, -0.25) is 4.79 Å². The van der Waals surface area contributed by atoms with Crippen molar-refractivity contribution in [3.8, 4) is 0 Å². The zero-order chi connectivity index (χ0) is 16.4. The summed E-state index contributed by atoms with van der Waals surface area (Å²) in [5, 5.41) is 15.7. The lowest BCUT2D eigenvalue weighted by Gasteiger charge is -2.08. The number of aryl methyl sites for hydroxylation is 1. The first kappa shape index (κ1) is 16.0. The van der Waals surface area contributed by atoms with Crippen LogP contribution in [-0.4, -0.2) is 34.7 Å². The summed E-state index contributed by atoms with van der Waals surface area (Å²) in [6.45, 7) is 2.27. The first-order valence-corrected chi connectivity index (χ1v) is 8.26. The van der Waals surface area contributed by atoms with Crippen molar-refractivity contribution in [2.75, 3.05) is 11.9 Å². The summed E-state index contributed by atoms with van der Waals surface area (Å²) in [6, 6.07) is 6.24. The third-order valence-corrected chi connectivity index (χ3v) is 4.93. The van der Waals surface area contributed by atoms with Gasteiger partial charge in [0.25, 0.3) is 0 Å². The second-order valence-corrected chi connectivity index (χ2v) is 6.72. The summed E-state index contributed by atoms with van der Waals surface area (Å²) >= 11 is 1.35. The van der Waals surface area contributed by atoms with Crippen molar-refractivity contribution >= 4 is 22.4 Å². The highest BCUT2D eigenvalue weighted by molar-refractivity contribution is 7.15. The van der Waals surface area contributed by atoms with Crippen molar-refractivity contribution in [1.29, 1.82) is 0 Å². The molecule has 1 aromatic carbocycles. The Morgan fingerprint density at radius 3 is 3.00 bits per heavy atom. The molecular weight excluding hydrogens is 317 g/mol. The van der Waals surface area contributed by atoms with Gasteiger partial charge >= 0.3 is 0 Å². The minimum Gasteiger partial charge on any atom is -0.392 e. The topological polar surface area (TPSA) is 74.2 Å². The number of hydrogen-bond donors (Lipinski definition) is 3. The van der Waals surface area contributed by atoms with Crippen molar-refractivity contribution in [2.24, 2.45) is 0 Å². The molecule has 0 unspecified atom stereocenters. The fourth-order valence-electron chi connectivity index (χ4n) is 2.57. The lowest BCUT2D eigenvalue weighted by atomic mass is 10.1. The van der Waals surface area contributed by atoms with Gasteiger partial charge < -0.3 is 15.7 Å². The number of aliphatic hydroxyl groups excluding tert-OH is 1. The van der Waals surface area contributed by atoms with Crippen LogP contribution in [0, 0.1) is 12.7 Å². The molecule has 23 heavy (non-hydrogen) atoms. The molecule has 0 spiro atoms. The third kappa shape index (κ3) is 3.74. The molecule has 5 nitrogen and oxygen atoms in total. The number of benzene rings is 1. The number of anilines is 1. The van der Waals surface area contributed by atoms with E-state index in [1.165, 1.54) is 17.4 Å². The van der Waals surface area contributed by atoms with Gasteiger partial charge in [0.1, 0.15) is 5.82 Å². The molecule has 1 fully saturated rings. The molecule has 2 heterocycles. The van der Waals surface area contributed by atoms with Crippen LogP contribution in [-0.2, 0) is 11.2 Å². The van der Waals surface area contributed by atoms with Crippen molar-refractivity contribution in [3.05, 3.63) is 46.2 Å². The summed E-state index contributed by atoms with van der Waals surface area (Å²) in [6.07, 6.45) is 0.366. The molecule has 1 aliphatic rings. The lowest BCUT2D eigenvalue weighted by Crippen LogP contribution is -2.35. The van der Waals surface area contributed by atoms with Crippen LogP contribution < -0.4 is 10.6 Å². The van der Waals surface area contributed by atoms with Gasteiger partial charge in [0.05, 0.1) is 17.8 Å². The molecule has 1 saturated heterocycles. The SMILES string of the molecule is Cc1nc(NC(=O)[C@H]2C[C@H](O)CN2)sc1Cc1ccccc1F. The minimum atomic E-state index is -0.486. The van der Waals surface area contributed by atoms with Crippen LogP contribution in [0.3, 0.4) is 0 Å². The quantitative estimate of drug-likeness (QED) is 0.797. The molecule has 122 valence electrons. The maximum Gasteiger partial charge on any atom is 0.243 e. The van der Waals surface area contributed by atoms with Crippen LogP contribution in [0.2, 0.25) is 0 Å². The van der Waals surface area contributed by atoms with Crippen LogP contribution in [0.25, 0.3) is 0 Å². The number of nitrogens with zero attached hydrogens (tertiary/aromatic N) is 1. The fraction of sp³-hybridized carbons (Fsp3) is 0.375. The number of β-amino-alcohol motifs (C(OH)–C–C–N with tert-alkyl or cyclic N) is 1. The molecule has 2 aromatic rings. The fourth-order valence-corrected chi connectivity index (χ4v) is 3.56. The molecule has 7 heteroatoms. The number of halogens is 1. The number of carbonyl (C=O) groups is 1. The highest BCUT2D eigenvalue weighted by Gasteiger charge is 2.28. The number of rotatable bonds is 4. The maximum atomic E-state index is 13.7. The van der Waals surface area contributed by atoms with Gasteiger partial charge in [-0.25, -0.2) is 9.37 Å². The smallest absolute Gasteiger partial charge is 0.243 e. The summed E-state index contributed by atoms with van der Waals surface area (Å²) in [5.74, 6) is -0.442. The molecule has 0 aliphatic carbocycles. The maximum absolute atomic E-state index is 13.7. The molecule has 1 aliphatic heterocycles. The van der Waals surface area contributed by atoms with Crippen LogP contribution in [0.5, 0.6) is 0 Å². The van der Waals surface area contributed by atoms with E-state index in [4.69, 9.17) is 0 Å². The molecule has 1 amide bonds. The second-order valence-electron chi connectivity index (χ2n) is 5.64. The Morgan fingerprint density at radius 2 is 2.30 bits per heavy atom. The van der Waals surface area contributed by atoms with E-state index in [9.17, 15) is 14.3 Å². The van der Waals surface area contributed by atoms with Crippen molar-refractivity contribution in [3.63, 3.8) is 0 Å². The molecule has 2 atom stereocenters. The Bertz CT molecular complexity index is 719. The number of carbonyl (C=O) groups excluding carboxylic acids is 1. The summed E-state index contributed by atoms with van der Waals surface area (Å²) in [5.41, 5.74) is 1.39. The molecule has 1 aromatic heterocycles. The Kier molecular flexibility index (Phi) is 4.70. The molecule has 3 N–H and O–H groups in total. The largest absolute Gasteiger partial charge is 0.392 e. The monoisotopic (exact) mass is 335 g/mol. The van der Waals surface area contributed by atoms with Crippen molar-refractivity contribution in [2.45, 2.75) is 31.9 Å². The molecular formula is C16H18FN3O2S. The van der Waals surface area contributed by atoms with E-state index in [-0.39, 0.29) is 11.7 Å². The zero-order valence-electron chi connectivity index (χ0n) is 12.7. The summed E-state index contributed by atoms with van der Waals surface area (Å²) in [4.78, 5) is 17.4. The van der Waals surface area contributed by atoms with E-state index < -0.39 is 12.1 Å². The Balaban J connectivity index is 1.69. The van der Waals surface area contributed by atoms with E-state index in [2.05, 4.69) is 15.6 Å². The highest BCUT2D eigenvalue weighted by Crippen LogP contribution is 2.26. The van der Waals surface area contributed by atoms with Crippen molar-refractivity contribution in [1.82, 2.24) is 10.3 Å². The van der Waals surface area contributed by atoms with Gasteiger partial charge in [-0.2, -0.15) is 0 Å². The first-order valence-electron chi connectivity index (χ1n) is 7.45. The highest BCUT2D eigenvalue weighted by atomic mass is 32.1. The molecule has 0 radical (unpaired) electrons. The average Bonchev–Trinajstić information content (AvgIpc) is 3.08. The predicted molar refractivity (Wildman–Crippen MR) is 87.1 cm³/mol. The van der Waals surface area contributed by atoms with Gasteiger partial charge in [0.15, 0.2) is 5.13 Å². The second kappa shape index (κ2) is 6.74. The van der Waals surface area contributed by atoms with Crippen molar-refractivity contribution < 1.29 is 14.3 Å². The first-order chi connectivity index (χ1) is 11.0. The lowest BCUT2D eigenvalue weighted by molar-refractivity contribution is -0.117. The Morgan fingerprint density at radius 1 is 1.52 bits per heavy atom. The van der Waals surface area contributed by atoms with E-state index >= 15 is 0 Å².